The average molecular weight is 263 g/mol. The summed E-state index contributed by atoms with van der Waals surface area (Å²) in [5.74, 6) is -1.37. The predicted molar refractivity (Wildman–Crippen MR) is 74.3 cm³/mol. The fraction of sp³-hybridized carbons (Fsp3) is 0.467. The van der Waals surface area contributed by atoms with Gasteiger partial charge < -0.3 is 10.4 Å². The summed E-state index contributed by atoms with van der Waals surface area (Å²) in [6.45, 7) is 9.09. The van der Waals surface area contributed by atoms with E-state index in [-0.39, 0.29) is 5.91 Å². The monoisotopic (exact) mass is 263 g/mol. The number of benzene rings is 1. The van der Waals surface area contributed by atoms with E-state index in [0.29, 0.717) is 5.56 Å². The molecular formula is C15H21NO3. The lowest BCUT2D eigenvalue weighted by molar-refractivity contribution is -0.142. The lowest BCUT2D eigenvalue weighted by atomic mass is 9.86. The molecule has 0 heterocycles. The van der Waals surface area contributed by atoms with Crippen LogP contribution in [0.2, 0.25) is 0 Å². The first kappa shape index (κ1) is 15.2. The van der Waals surface area contributed by atoms with Crippen LogP contribution in [0.15, 0.2) is 18.2 Å². The molecule has 4 nitrogen and oxygen atoms in total. The molecular weight excluding hydrogens is 242 g/mol. The number of nitrogens with one attached hydrogen (secondary N) is 1. The minimum atomic E-state index is -1.02. The minimum absolute atomic E-state index is 0.344. The smallest absolute Gasteiger partial charge is 0.326 e. The van der Waals surface area contributed by atoms with Crippen LogP contribution in [0.4, 0.5) is 0 Å². The number of hydrogen-bond donors (Lipinski definition) is 2. The SMILES string of the molecule is Cc1ccc(C)c(C(=O)N[C@H](C(=O)O)C(C)(C)C)c1. The third-order valence-corrected chi connectivity index (χ3v) is 3.03. The normalized spacial score (nSPS) is 12.9. The molecule has 0 radical (unpaired) electrons. The Kier molecular flexibility index (Phi) is 4.35. The van der Waals surface area contributed by atoms with Gasteiger partial charge in [0, 0.05) is 5.56 Å². The molecule has 0 aliphatic carbocycles. The van der Waals surface area contributed by atoms with Gasteiger partial charge in [-0.3, -0.25) is 4.79 Å². The first-order valence-electron chi connectivity index (χ1n) is 6.24. The zero-order chi connectivity index (χ0) is 14.8. The van der Waals surface area contributed by atoms with Crippen LogP contribution in [-0.2, 0) is 4.79 Å². The molecule has 2 N–H and O–H groups in total. The van der Waals surface area contributed by atoms with Gasteiger partial charge in [0.15, 0.2) is 0 Å². The standard InChI is InChI=1S/C15H21NO3/c1-9-6-7-10(2)11(8-9)13(17)16-12(14(18)19)15(3,4)5/h6-8,12H,1-5H3,(H,16,17)(H,18,19)/t12-/m1/s1. The molecule has 1 rings (SSSR count). The van der Waals surface area contributed by atoms with Crippen molar-refractivity contribution in [2.45, 2.75) is 40.7 Å². The van der Waals surface area contributed by atoms with E-state index >= 15 is 0 Å². The second kappa shape index (κ2) is 5.43. The number of carbonyl (C=O) groups excluding carboxylic acids is 1. The van der Waals surface area contributed by atoms with Crippen LogP contribution in [0.25, 0.3) is 0 Å². The topological polar surface area (TPSA) is 66.4 Å². The number of aliphatic carboxylic acids is 1. The summed E-state index contributed by atoms with van der Waals surface area (Å²) in [5.41, 5.74) is 1.79. The van der Waals surface area contributed by atoms with Gasteiger partial charge in [-0.05, 0) is 30.9 Å². The van der Waals surface area contributed by atoms with E-state index in [1.165, 1.54) is 0 Å². The molecule has 0 fully saturated rings. The minimum Gasteiger partial charge on any atom is -0.480 e. The highest BCUT2D eigenvalue weighted by Gasteiger charge is 2.33. The van der Waals surface area contributed by atoms with Crippen molar-refractivity contribution < 1.29 is 14.7 Å². The second-order valence-corrected chi connectivity index (χ2v) is 5.93. The highest BCUT2D eigenvalue weighted by Crippen LogP contribution is 2.20. The van der Waals surface area contributed by atoms with Crippen molar-refractivity contribution in [1.82, 2.24) is 5.32 Å². The van der Waals surface area contributed by atoms with Gasteiger partial charge in [-0.1, -0.05) is 38.5 Å². The molecule has 104 valence electrons. The van der Waals surface area contributed by atoms with E-state index in [4.69, 9.17) is 0 Å². The first-order chi connectivity index (χ1) is 8.62. The van der Waals surface area contributed by atoms with Crippen molar-refractivity contribution >= 4 is 11.9 Å². The van der Waals surface area contributed by atoms with Crippen LogP contribution in [0, 0.1) is 19.3 Å². The highest BCUT2D eigenvalue weighted by molar-refractivity contribution is 5.98. The fourth-order valence-corrected chi connectivity index (χ4v) is 1.84. The molecule has 0 spiro atoms. The summed E-state index contributed by atoms with van der Waals surface area (Å²) >= 11 is 0. The van der Waals surface area contributed by atoms with Gasteiger partial charge in [0.05, 0.1) is 0 Å². The number of rotatable bonds is 3. The van der Waals surface area contributed by atoms with E-state index in [0.717, 1.165) is 11.1 Å². The Balaban J connectivity index is 3.01. The second-order valence-electron chi connectivity index (χ2n) is 5.93. The molecule has 0 aliphatic heterocycles. The third-order valence-electron chi connectivity index (χ3n) is 3.03. The Bertz CT molecular complexity index is 501. The van der Waals surface area contributed by atoms with Crippen molar-refractivity contribution in [3.63, 3.8) is 0 Å². The fourth-order valence-electron chi connectivity index (χ4n) is 1.84. The van der Waals surface area contributed by atoms with Gasteiger partial charge in [-0.2, -0.15) is 0 Å². The van der Waals surface area contributed by atoms with Gasteiger partial charge in [0.1, 0.15) is 6.04 Å². The lowest BCUT2D eigenvalue weighted by Crippen LogP contribution is -2.49. The van der Waals surface area contributed by atoms with Crippen LogP contribution in [0.3, 0.4) is 0 Å². The quantitative estimate of drug-likeness (QED) is 0.880. The number of hydrogen-bond acceptors (Lipinski definition) is 2. The van der Waals surface area contributed by atoms with Gasteiger partial charge in [0.2, 0.25) is 0 Å². The Morgan fingerprint density at radius 2 is 1.79 bits per heavy atom. The zero-order valence-corrected chi connectivity index (χ0v) is 12.1. The van der Waals surface area contributed by atoms with Crippen molar-refractivity contribution in [3.05, 3.63) is 34.9 Å². The first-order valence-corrected chi connectivity index (χ1v) is 6.24. The Morgan fingerprint density at radius 1 is 1.21 bits per heavy atom. The molecule has 1 aromatic carbocycles. The summed E-state index contributed by atoms with van der Waals surface area (Å²) in [6.07, 6.45) is 0. The van der Waals surface area contributed by atoms with Gasteiger partial charge in [-0.25, -0.2) is 4.79 Å². The molecule has 0 saturated heterocycles. The largest absolute Gasteiger partial charge is 0.480 e. The van der Waals surface area contributed by atoms with Crippen LogP contribution in [-0.4, -0.2) is 23.0 Å². The van der Waals surface area contributed by atoms with Gasteiger partial charge in [0.25, 0.3) is 5.91 Å². The summed E-state index contributed by atoms with van der Waals surface area (Å²) in [7, 11) is 0. The van der Waals surface area contributed by atoms with Crippen LogP contribution < -0.4 is 5.32 Å². The van der Waals surface area contributed by atoms with Crippen LogP contribution in [0.5, 0.6) is 0 Å². The van der Waals surface area contributed by atoms with E-state index in [9.17, 15) is 14.7 Å². The maximum Gasteiger partial charge on any atom is 0.326 e. The highest BCUT2D eigenvalue weighted by atomic mass is 16.4. The van der Waals surface area contributed by atoms with E-state index in [2.05, 4.69) is 5.32 Å². The Morgan fingerprint density at radius 3 is 2.26 bits per heavy atom. The molecule has 0 saturated carbocycles. The molecule has 0 aromatic heterocycles. The molecule has 1 amide bonds. The Labute approximate surface area is 113 Å². The van der Waals surface area contributed by atoms with E-state index in [1.807, 2.05) is 26.0 Å². The summed E-state index contributed by atoms with van der Waals surface area (Å²) < 4.78 is 0. The molecule has 0 aliphatic rings. The average Bonchev–Trinajstić information content (AvgIpc) is 2.26. The number of carboxylic acid groups (broad SMARTS) is 1. The molecule has 0 unspecified atom stereocenters. The summed E-state index contributed by atoms with van der Waals surface area (Å²) in [6, 6.07) is 4.63. The van der Waals surface area contributed by atoms with Gasteiger partial charge in [-0.15, -0.1) is 0 Å². The maximum atomic E-state index is 12.2. The summed E-state index contributed by atoms with van der Waals surface area (Å²) in [5, 5.41) is 11.8. The van der Waals surface area contributed by atoms with E-state index in [1.54, 1.807) is 26.8 Å². The zero-order valence-electron chi connectivity index (χ0n) is 12.1. The number of amides is 1. The Hall–Kier alpha value is -1.84. The van der Waals surface area contributed by atoms with Gasteiger partial charge >= 0.3 is 5.97 Å². The molecule has 1 aromatic rings. The number of aryl methyl sites for hydroxylation is 2. The summed E-state index contributed by atoms with van der Waals surface area (Å²) in [4.78, 5) is 23.5. The van der Waals surface area contributed by atoms with Crippen LogP contribution >= 0.6 is 0 Å². The predicted octanol–water partition coefficient (Wildman–Crippen LogP) is 2.53. The van der Waals surface area contributed by atoms with Crippen molar-refractivity contribution in [2.24, 2.45) is 5.41 Å². The van der Waals surface area contributed by atoms with E-state index < -0.39 is 17.4 Å². The van der Waals surface area contributed by atoms with Crippen molar-refractivity contribution in [2.75, 3.05) is 0 Å². The lowest BCUT2D eigenvalue weighted by Gasteiger charge is -2.28. The molecule has 4 heteroatoms. The molecule has 0 bridgehead atoms. The maximum absolute atomic E-state index is 12.2. The van der Waals surface area contributed by atoms with Crippen molar-refractivity contribution in [3.8, 4) is 0 Å². The van der Waals surface area contributed by atoms with Crippen LogP contribution in [0.1, 0.15) is 42.3 Å². The molecule has 19 heavy (non-hydrogen) atoms. The third kappa shape index (κ3) is 3.81. The molecule has 1 atom stereocenters. The van der Waals surface area contributed by atoms with Crippen molar-refractivity contribution in [1.29, 1.82) is 0 Å². The number of carboxylic acids is 1. The number of carbonyl (C=O) groups is 2.